The summed E-state index contributed by atoms with van der Waals surface area (Å²) >= 11 is 0. The molecule has 0 aliphatic heterocycles. The third-order valence-electron chi connectivity index (χ3n) is 3.32. The number of aromatic nitrogens is 1. The van der Waals surface area contributed by atoms with E-state index in [4.69, 9.17) is 0 Å². The predicted molar refractivity (Wildman–Crippen MR) is 86.9 cm³/mol. The average Bonchev–Trinajstić information content (AvgIpc) is 2.46. The first-order chi connectivity index (χ1) is 9.93. The second kappa shape index (κ2) is 5.95. The Kier molecular flexibility index (Phi) is 4.26. The number of pyridine rings is 1. The summed E-state index contributed by atoms with van der Waals surface area (Å²) in [6.07, 6.45) is 3.26. The summed E-state index contributed by atoms with van der Waals surface area (Å²) in [6, 6.07) is 9.60. The number of para-hydroxylation sites is 1. The maximum atomic E-state index is 12.5. The van der Waals surface area contributed by atoms with E-state index in [0.717, 1.165) is 11.3 Å². The maximum absolute atomic E-state index is 12.5. The molecule has 4 heteroatoms. The van der Waals surface area contributed by atoms with E-state index >= 15 is 0 Å². The van der Waals surface area contributed by atoms with Crippen molar-refractivity contribution < 1.29 is 4.79 Å². The largest absolute Gasteiger partial charge is 0.386 e. The number of hydrogen-bond donors (Lipinski definition) is 2. The highest BCUT2D eigenvalue weighted by Gasteiger charge is 2.19. The van der Waals surface area contributed by atoms with Gasteiger partial charge in [0.1, 0.15) is 0 Å². The van der Waals surface area contributed by atoms with E-state index in [1.807, 2.05) is 24.3 Å². The van der Waals surface area contributed by atoms with Crippen LogP contribution in [0.4, 0.5) is 11.4 Å². The molecular weight excluding hydrogens is 262 g/mol. The van der Waals surface area contributed by atoms with Crippen LogP contribution in [0.3, 0.4) is 0 Å². The van der Waals surface area contributed by atoms with Gasteiger partial charge in [-0.05, 0) is 23.1 Å². The van der Waals surface area contributed by atoms with E-state index in [-0.39, 0.29) is 11.3 Å². The SMILES string of the molecule is CNc1cnccc1C(=O)Nc1ccccc1C(C)(C)C. The number of carbonyl (C=O) groups excluding carboxylic acids is 1. The highest BCUT2D eigenvalue weighted by Crippen LogP contribution is 2.29. The van der Waals surface area contributed by atoms with Gasteiger partial charge in [0.15, 0.2) is 0 Å². The van der Waals surface area contributed by atoms with Gasteiger partial charge in [0.25, 0.3) is 5.91 Å². The summed E-state index contributed by atoms with van der Waals surface area (Å²) in [5, 5.41) is 5.99. The summed E-state index contributed by atoms with van der Waals surface area (Å²) in [6.45, 7) is 6.39. The van der Waals surface area contributed by atoms with Crippen LogP contribution in [0.5, 0.6) is 0 Å². The third-order valence-corrected chi connectivity index (χ3v) is 3.32. The molecule has 0 aliphatic rings. The van der Waals surface area contributed by atoms with Crippen LogP contribution in [0.2, 0.25) is 0 Å². The standard InChI is InChI=1S/C17H21N3O/c1-17(2,3)13-7-5-6-8-14(13)20-16(21)12-9-10-19-11-15(12)18-4/h5-11,18H,1-4H3,(H,20,21). The van der Waals surface area contributed by atoms with Crippen LogP contribution in [0, 0.1) is 0 Å². The topological polar surface area (TPSA) is 54.0 Å². The monoisotopic (exact) mass is 283 g/mol. The van der Waals surface area contributed by atoms with Crippen molar-refractivity contribution in [1.29, 1.82) is 0 Å². The molecule has 2 rings (SSSR count). The molecule has 0 unspecified atom stereocenters. The molecule has 0 bridgehead atoms. The Bertz CT molecular complexity index is 644. The number of amides is 1. The van der Waals surface area contributed by atoms with Gasteiger partial charge in [0.05, 0.1) is 17.4 Å². The molecule has 0 atom stereocenters. The van der Waals surface area contributed by atoms with Crippen LogP contribution < -0.4 is 10.6 Å². The molecule has 1 aromatic carbocycles. The predicted octanol–water partition coefficient (Wildman–Crippen LogP) is 3.67. The Hall–Kier alpha value is -2.36. The number of nitrogens with one attached hydrogen (secondary N) is 2. The molecule has 0 saturated carbocycles. The van der Waals surface area contributed by atoms with Gasteiger partial charge in [-0.1, -0.05) is 39.0 Å². The molecule has 0 aliphatic carbocycles. The van der Waals surface area contributed by atoms with Gasteiger partial charge in [0.2, 0.25) is 0 Å². The first-order valence-corrected chi connectivity index (χ1v) is 6.96. The Labute approximate surface area is 125 Å². The second-order valence-corrected chi connectivity index (χ2v) is 5.92. The van der Waals surface area contributed by atoms with Crippen molar-refractivity contribution in [2.24, 2.45) is 0 Å². The highest BCUT2D eigenvalue weighted by atomic mass is 16.1. The van der Waals surface area contributed by atoms with Crippen LogP contribution in [-0.2, 0) is 5.41 Å². The molecular formula is C17H21N3O. The Morgan fingerprint density at radius 1 is 1.10 bits per heavy atom. The summed E-state index contributed by atoms with van der Waals surface area (Å²) in [4.78, 5) is 16.5. The normalized spacial score (nSPS) is 11.0. The lowest BCUT2D eigenvalue weighted by Crippen LogP contribution is -2.19. The van der Waals surface area contributed by atoms with Gasteiger partial charge < -0.3 is 10.6 Å². The Morgan fingerprint density at radius 3 is 2.48 bits per heavy atom. The minimum absolute atomic E-state index is 0.0338. The molecule has 4 nitrogen and oxygen atoms in total. The number of nitrogens with zero attached hydrogens (tertiary/aromatic N) is 1. The van der Waals surface area contributed by atoms with Crippen molar-refractivity contribution in [2.45, 2.75) is 26.2 Å². The molecule has 0 fully saturated rings. The lowest BCUT2D eigenvalue weighted by molar-refractivity contribution is 0.102. The van der Waals surface area contributed by atoms with Crippen LogP contribution in [0.15, 0.2) is 42.7 Å². The van der Waals surface area contributed by atoms with Gasteiger partial charge in [-0.2, -0.15) is 0 Å². The fourth-order valence-electron chi connectivity index (χ4n) is 2.23. The lowest BCUT2D eigenvalue weighted by atomic mass is 9.86. The van der Waals surface area contributed by atoms with Crippen molar-refractivity contribution in [3.8, 4) is 0 Å². The number of anilines is 2. The van der Waals surface area contributed by atoms with Crippen LogP contribution in [0.1, 0.15) is 36.7 Å². The fourth-order valence-corrected chi connectivity index (χ4v) is 2.23. The summed E-state index contributed by atoms with van der Waals surface area (Å²) < 4.78 is 0. The van der Waals surface area contributed by atoms with E-state index in [1.54, 1.807) is 25.5 Å². The average molecular weight is 283 g/mol. The van der Waals surface area contributed by atoms with E-state index in [1.165, 1.54) is 0 Å². The minimum atomic E-state index is -0.140. The van der Waals surface area contributed by atoms with Crippen molar-refractivity contribution in [3.05, 3.63) is 53.9 Å². The number of hydrogen-bond acceptors (Lipinski definition) is 3. The smallest absolute Gasteiger partial charge is 0.257 e. The van der Waals surface area contributed by atoms with Crippen LogP contribution in [0.25, 0.3) is 0 Å². The first kappa shape index (κ1) is 15.0. The van der Waals surface area contributed by atoms with Crippen molar-refractivity contribution >= 4 is 17.3 Å². The maximum Gasteiger partial charge on any atom is 0.257 e. The van der Waals surface area contributed by atoms with E-state index in [9.17, 15) is 4.79 Å². The molecule has 1 amide bonds. The first-order valence-electron chi connectivity index (χ1n) is 6.96. The minimum Gasteiger partial charge on any atom is -0.386 e. The van der Waals surface area contributed by atoms with E-state index in [0.29, 0.717) is 11.3 Å². The summed E-state index contributed by atoms with van der Waals surface area (Å²) in [7, 11) is 1.77. The molecule has 2 N–H and O–H groups in total. The molecule has 21 heavy (non-hydrogen) atoms. The van der Waals surface area contributed by atoms with Gasteiger partial charge in [0, 0.05) is 18.9 Å². The zero-order valence-electron chi connectivity index (χ0n) is 12.9. The van der Waals surface area contributed by atoms with Crippen molar-refractivity contribution in [1.82, 2.24) is 4.98 Å². The zero-order valence-corrected chi connectivity index (χ0v) is 12.9. The summed E-state index contributed by atoms with van der Waals surface area (Å²) in [5.74, 6) is -0.140. The Morgan fingerprint density at radius 2 is 1.81 bits per heavy atom. The molecule has 110 valence electrons. The molecule has 1 aromatic heterocycles. The van der Waals surface area contributed by atoms with Gasteiger partial charge in [-0.15, -0.1) is 0 Å². The van der Waals surface area contributed by atoms with Crippen molar-refractivity contribution in [2.75, 3.05) is 17.7 Å². The third kappa shape index (κ3) is 3.40. The molecule has 2 aromatic rings. The number of carbonyl (C=O) groups is 1. The fraction of sp³-hybridized carbons (Fsp3) is 0.294. The number of rotatable bonds is 3. The molecule has 0 saturated heterocycles. The highest BCUT2D eigenvalue weighted by molar-refractivity contribution is 6.08. The Balaban J connectivity index is 2.33. The van der Waals surface area contributed by atoms with Gasteiger partial charge >= 0.3 is 0 Å². The lowest BCUT2D eigenvalue weighted by Gasteiger charge is -2.23. The van der Waals surface area contributed by atoms with Crippen LogP contribution in [-0.4, -0.2) is 17.9 Å². The zero-order chi connectivity index (χ0) is 15.5. The van der Waals surface area contributed by atoms with Gasteiger partial charge in [-0.3, -0.25) is 9.78 Å². The van der Waals surface area contributed by atoms with E-state index in [2.05, 4.69) is 36.4 Å². The molecule has 1 heterocycles. The van der Waals surface area contributed by atoms with Crippen molar-refractivity contribution in [3.63, 3.8) is 0 Å². The molecule has 0 radical (unpaired) electrons. The number of benzene rings is 1. The van der Waals surface area contributed by atoms with Gasteiger partial charge in [-0.25, -0.2) is 0 Å². The quantitative estimate of drug-likeness (QED) is 0.903. The summed E-state index contributed by atoms with van der Waals surface area (Å²) in [5.41, 5.74) is 3.21. The molecule has 0 spiro atoms. The van der Waals surface area contributed by atoms with Crippen LogP contribution >= 0.6 is 0 Å². The second-order valence-electron chi connectivity index (χ2n) is 5.92. The van der Waals surface area contributed by atoms with E-state index < -0.39 is 0 Å².